The standard InChI is InChI=1S/C34H32N2O5S/c1-21-23(3)36(20-24-9-11-26(12-10-24)29-7-5-6-8-30(29)34(38)39)32-18-15-27(19-31(21)32)33(37)35-22(2)25-13-16-28(17-14-25)42(4,40)41/h5-19,22H,20H2,1-4H3,(H,35,37)(H,38,39). The molecule has 8 heteroatoms. The van der Waals surface area contributed by atoms with Crippen molar-refractivity contribution in [2.75, 3.05) is 6.26 Å². The number of hydrogen-bond acceptors (Lipinski definition) is 4. The van der Waals surface area contributed by atoms with Gasteiger partial charge in [-0.15, -0.1) is 0 Å². The van der Waals surface area contributed by atoms with Crippen LogP contribution in [0, 0.1) is 13.8 Å². The van der Waals surface area contributed by atoms with E-state index in [1.165, 1.54) is 6.26 Å². The molecule has 4 aromatic carbocycles. The molecule has 1 aromatic heterocycles. The summed E-state index contributed by atoms with van der Waals surface area (Å²) >= 11 is 0. The maximum absolute atomic E-state index is 13.2. The van der Waals surface area contributed by atoms with E-state index in [0.717, 1.165) is 38.9 Å². The number of aromatic nitrogens is 1. The third-order valence-corrected chi connectivity index (χ3v) is 8.95. The number of benzene rings is 4. The van der Waals surface area contributed by atoms with E-state index < -0.39 is 15.8 Å². The lowest BCUT2D eigenvalue weighted by Gasteiger charge is -2.15. The maximum atomic E-state index is 13.2. The molecule has 0 bridgehead atoms. The Hall–Kier alpha value is -4.69. The van der Waals surface area contributed by atoms with Crippen molar-refractivity contribution >= 4 is 32.6 Å². The molecule has 1 heterocycles. The molecular formula is C34H32N2O5S. The van der Waals surface area contributed by atoms with Crippen LogP contribution in [0.25, 0.3) is 22.0 Å². The fraction of sp³-hybridized carbons (Fsp3) is 0.176. The van der Waals surface area contributed by atoms with E-state index in [-0.39, 0.29) is 22.4 Å². The Morgan fingerprint density at radius 1 is 0.905 bits per heavy atom. The number of sulfone groups is 1. The number of carboxylic acid groups (broad SMARTS) is 1. The number of aryl methyl sites for hydroxylation is 1. The van der Waals surface area contributed by atoms with Crippen molar-refractivity contribution in [3.8, 4) is 11.1 Å². The summed E-state index contributed by atoms with van der Waals surface area (Å²) in [6.07, 6.45) is 1.17. The van der Waals surface area contributed by atoms with Gasteiger partial charge in [0.05, 0.1) is 16.5 Å². The van der Waals surface area contributed by atoms with Crippen molar-refractivity contribution in [2.45, 2.75) is 38.3 Å². The Morgan fingerprint density at radius 3 is 2.21 bits per heavy atom. The zero-order valence-electron chi connectivity index (χ0n) is 23.9. The van der Waals surface area contributed by atoms with Gasteiger partial charge in [0.1, 0.15) is 0 Å². The van der Waals surface area contributed by atoms with Crippen LogP contribution in [0.2, 0.25) is 0 Å². The number of amides is 1. The number of carbonyl (C=O) groups is 2. The first-order chi connectivity index (χ1) is 19.9. The summed E-state index contributed by atoms with van der Waals surface area (Å²) in [6, 6.07) is 26.8. The maximum Gasteiger partial charge on any atom is 0.336 e. The molecule has 5 aromatic rings. The van der Waals surface area contributed by atoms with Gasteiger partial charge in [0.15, 0.2) is 9.84 Å². The number of carboxylic acids is 1. The Balaban J connectivity index is 1.36. The zero-order chi connectivity index (χ0) is 30.2. The molecule has 0 aliphatic carbocycles. The third-order valence-electron chi connectivity index (χ3n) is 7.82. The third kappa shape index (κ3) is 5.71. The van der Waals surface area contributed by atoms with Crippen molar-refractivity contribution in [1.29, 1.82) is 0 Å². The van der Waals surface area contributed by atoms with Crippen LogP contribution in [-0.4, -0.2) is 36.2 Å². The van der Waals surface area contributed by atoms with E-state index in [0.29, 0.717) is 17.7 Å². The molecule has 0 aliphatic heterocycles. The summed E-state index contributed by atoms with van der Waals surface area (Å²) in [4.78, 5) is 25.0. The minimum absolute atomic E-state index is 0.210. The van der Waals surface area contributed by atoms with Gasteiger partial charge in [-0.2, -0.15) is 0 Å². The Bertz CT molecular complexity index is 1920. The van der Waals surface area contributed by atoms with Gasteiger partial charge in [0.25, 0.3) is 5.91 Å². The highest BCUT2D eigenvalue weighted by molar-refractivity contribution is 7.90. The predicted octanol–water partition coefficient (Wildman–Crippen LogP) is 6.57. The summed E-state index contributed by atoms with van der Waals surface area (Å²) in [5.41, 5.74) is 7.44. The van der Waals surface area contributed by atoms with Gasteiger partial charge in [-0.25, -0.2) is 13.2 Å². The van der Waals surface area contributed by atoms with Crippen LogP contribution in [0.1, 0.15) is 56.1 Å². The largest absolute Gasteiger partial charge is 0.478 e. The van der Waals surface area contributed by atoms with E-state index in [9.17, 15) is 23.1 Å². The summed E-state index contributed by atoms with van der Waals surface area (Å²) in [7, 11) is -3.28. The number of nitrogens with zero attached hydrogens (tertiary/aromatic N) is 1. The van der Waals surface area contributed by atoms with Crippen molar-refractivity contribution in [3.63, 3.8) is 0 Å². The van der Waals surface area contributed by atoms with Crippen LogP contribution >= 0.6 is 0 Å². The first kappa shape index (κ1) is 28.8. The molecule has 0 spiro atoms. The van der Waals surface area contributed by atoms with E-state index in [1.54, 1.807) is 36.4 Å². The lowest BCUT2D eigenvalue weighted by atomic mass is 9.99. The number of nitrogens with one attached hydrogen (secondary N) is 1. The van der Waals surface area contributed by atoms with Crippen LogP contribution in [0.5, 0.6) is 0 Å². The highest BCUT2D eigenvalue weighted by Crippen LogP contribution is 2.29. The molecule has 2 N–H and O–H groups in total. The second kappa shape index (κ2) is 11.3. The average molecular weight is 581 g/mol. The SMILES string of the molecule is Cc1c(C)n(Cc2ccc(-c3ccccc3C(=O)O)cc2)c2ccc(C(=O)NC(C)c3ccc(S(C)(=O)=O)cc3)cc12. The van der Waals surface area contributed by atoms with Crippen molar-refractivity contribution in [2.24, 2.45) is 0 Å². The molecule has 1 amide bonds. The van der Waals surface area contributed by atoms with Crippen LogP contribution < -0.4 is 5.32 Å². The van der Waals surface area contributed by atoms with E-state index >= 15 is 0 Å². The first-order valence-corrected chi connectivity index (χ1v) is 15.4. The minimum Gasteiger partial charge on any atom is -0.478 e. The van der Waals surface area contributed by atoms with Crippen LogP contribution in [0.15, 0.2) is 95.9 Å². The van der Waals surface area contributed by atoms with E-state index in [4.69, 9.17) is 0 Å². The summed E-state index contributed by atoms with van der Waals surface area (Å²) in [5.74, 6) is -1.16. The first-order valence-electron chi connectivity index (χ1n) is 13.6. The molecule has 0 saturated carbocycles. The number of fused-ring (bicyclic) bond motifs is 1. The summed E-state index contributed by atoms with van der Waals surface area (Å²) in [6.45, 7) is 6.61. The second-order valence-corrected chi connectivity index (χ2v) is 12.6. The molecule has 7 nitrogen and oxygen atoms in total. The van der Waals surface area contributed by atoms with Crippen molar-refractivity contribution < 1.29 is 23.1 Å². The van der Waals surface area contributed by atoms with Gasteiger partial charge in [-0.3, -0.25) is 4.79 Å². The van der Waals surface area contributed by atoms with E-state index in [2.05, 4.69) is 16.8 Å². The summed E-state index contributed by atoms with van der Waals surface area (Å²) < 4.78 is 25.7. The van der Waals surface area contributed by atoms with Crippen LogP contribution in [0.4, 0.5) is 0 Å². The quantitative estimate of drug-likeness (QED) is 0.216. The van der Waals surface area contributed by atoms with Gasteiger partial charge < -0.3 is 15.0 Å². The Morgan fingerprint density at radius 2 is 1.57 bits per heavy atom. The number of carbonyl (C=O) groups excluding carboxylic acids is 1. The highest BCUT2D eigenvalue weighted by Gasteiger charge is 2.17. The molecule has 5 rings (SSSR count). The molecule has 1 atom stereocenters. The number of hydrogen-bond donors (Lipinski definition) is 2. The number of aromatic carboxylic acids is 1. The van der Waals surface area contributed by atoms with Gasteiger partial charge in [0.2, 0.25) is 0 Å². The van der Waals surface area contributed by atoms with Crippen LogP contribution in [0.3, 0.4) is 0 Å². The fourth-order valence-electron chi connectivity index (χ4n) is 5.26. The lowest BCUT2D eigenvalue weighted by molar-refractivity contribution is 0.0697. The molecular weight excluding hydrogens is 548 g/mol. The van der Waals surface area contributed by atoms with Gasteiger partial charge >= 0.3 is 5.97 Å². The molecule has 42 heavy (non-hydrogen) atoms. The monoisotopic (exact) mass is 580 g/mol. The van der Waals surface area contributed by atoms with Crippen LogP contribution in [-0.2, 0) is 16.4 Å². The van der Waals surface area contributed by atoms with Crippen molar-refractivity contribution in [3.05, 3.63) is 125 Å². The molecule has 0 fully saturated rings. The number of rotatable bonds is 8. The lowest BCUT2D eigenvalue weighted by Crippen LogP contribution is -2.26. The molecule has 0 radical (unpaired) electrons. The zero-order valence-corrected chi connectivity index (χ0v) is 24.7. The summed E-state index contributed by atoms with van der Waals surface area (Å²) in [5, 5.41) is 13.6. The highest BCUT2D eigenvalue weighted by atomic mass is 32.2. The minimum atomic E-state index is -3.28. The van der Waals surface area contributed by atoms with Gasteiger partial charge in [0, 0.05) is 35.0 Å². The topological polar surface area (TPSA) is 105 Å². The Labute approximate surface area is 245 Å². The molecule has 0 aliphatic rings. The van der Waals surface area contributed by atoms with Gasteiger partial charge in [-0.05, 0) is 85.0 Å². The van der Waals surface area contributed by atoms with Crippen molar-refractivity contribution in [1.82, 2.24) is 9.88 Å². The van der Waals surface area contributed by atoms with E-state index in [1.807, 2.05) is 68.4 Å². The normalized spacial score (nSPS) is 12.3. The average Bonchev–Trinajstić information content (AvgIpc) is 3.21. The molecule has 1 unspecified atom stereocenters. The van der Waals surface area contributed by atoms with Gasteiger partial charge in [-0.1, -0.05) is 54.6 Å². The molecule has 0 saturated heterocycles. The molecule has 214 valence electrons. The fourth-order valence-corrected chi connectivity index (χ4v) is 5.89. The predicted molar refractivity (Wildman–Crippen MR) is 165 cm³/mol. The smallest absolute Gasteiger partial charge is 0.336 e. The second-order valence-electron chi connectivity index (χ2n) is 10.6. The Kier molecular flexibility index (Phi) is 7.75.